The molecule has 1 aromatic heterocycles. The molecule has 0 amide bonds. The van der Waals surface area contributed by atoms with E-state index in [2.05, 4.69) is 4.98 Å². The third kappa shape index (κ3) is 2.59. The number of hydrogen-bond acceptors (Lipinski definition) is 1. The summed E-state index contributed by atoms with van der Waals surface area (Å²) in [5, 5.41) is 1.23. The van der Waals surface area contributed by atoms with Crippen LogP contribution >= 0.6 is 0 Å². The second-order valence-corrected chi connectivity index (χ2v) is 5.11. The van der Waals surface area contributed by atoms with Crippen LogP contribution in [-0.2, 0) is 12.8 Å². The van der Waals surface area contributed by atoms with Crippen molar-refractivity contribution < 1.29 is 8.78 Å². The van der Waals surface area contributed by atoms with Crippen LogP contribution in [0.15, 0.2) is 48.5 Å². The lowest BCUT2D eigenvalue weighted by Crippen LogP contribution is -1.99. The molecule has 0 spiro atoms. The van der Waals surface area contributed by atoms with Gasteiger partial charge in [-0.3, -0.25) is 4.39 Å². The summed E-state index contributed by atoms with van der Waals surface area (Å²) in [6.07, 6.45) is 0.393. The Morgan fingerprint density at radius 1 is 1.00 bits per heavy atom. The summed E-state index contributed by atoms with van der Waals surface area (Å²) in [4.78, 5) is 4.40. The fraction of sp³-hybridized carbons (Fsp3) is 0.158. The van der Waals surface area contributed by atoms with Crippen molar-refractivity contribution in [2.45, 2.75) is 12.8 Å². The highest BCUT2D eigenvalue weighted by atomic mass is 19.1. The van der Waals surface area contributed by atoms with Gasteiger partial charge in [-0.25, -0.2) is 9.37 Å². The number of hydrogen-bond donors (Lipinski definition) is 0. The lowest BCUT2D eigenvalue weighted by Gasteiger charge is -2.11. The first-order valence-electron chi connectivity index (χ1n) is 7.17. The Morgan fingerprint density at radius 2 is 1.77 bits per heavy atom. The highest BCUT2D eigenvalue weighted by Gasteiger charge is 2.14. The van der Waals surface area contributed by atoms with Gasteiger partial charge in [0, 0.05) is 22.8 Å². The molecule has 3 heteroatoms. The summed E-state index contributed by atoms with van der Waals surface area (Å²) in [6, 6.07) is 14.7. The number of benzene rings is 2. The van der Waals surface area contributed by atoms with Crippen LogP contribution in [0.4, 0.5) is 8.78 Å². The molecular formula is C19H15F2N. The molecule has 0 unspecified atom stereocenters. The van der Waals surface area contributed by atoms with Crippen LogP contribution in [0.2, 0.25) is 0 Å². The van der Waals surface area contributed by atoms with Gasteiger partial charge in [0.25, 0.3) is 0 Å². The van der Waals surface area contributed by atoms with E-state index in [1.165, 1.54) is 0 Å². The number of aryl methyl sites for hydroxylation is 1. The van der Waals surface area contributed by atoms with Gasteiger partial charge in [-0.05, 0) is 25.0 Å². The molecule has 3 rings (SSSR count). The Kier molecular flexibility index (Phi) is 4.14. The first-order chi connectivity index (χ1) is 10.7. The first-order valence-corrected chi connectivity index (χ1v) is 7.17. The van der Waals surface area contributed by atoms with Gasteiger partial charge in [-0.15, -0.1) is 0 Å². The fourth-order valence-corrected chi connectivity index (χ4v) is 2.62. The average molecular weight is 295 g/mol. The molecule has 0 bridgehead atoms. The molecular weight excluding hydrogens is 280 g/mol. The van der Waals surface area contributed by atoms with Gasteiger partial charge in [-0.1, -0.05) is 42.5 Å². The third-order valence-electron chi connectivity index (χ3n) is 3.70. The lowest BCUT2D eigenvalue weighted by atomic mass is 10.00. The Bertz CT molecular complexity index is 812. The van der Waals surface area contributed by atoms with Gasteiger partial charge in [0.05, 0.1) is 18.1 Å². The second kappa shape index (κ2) is 6.22. The lowest BCUT2D eigenvalue weighted by molar-refractivity contribution is 0.495. The minimum Gasteiger partial charge on any atom is -0.251 e. The van der Waals surface area contributed by atoms with E-state index >= 15 is 0 Å². The summed E-state index contributed by atoms with van der Waals surface area (Å²) in [7, 11) is 0. The molecule has 1 heterocycles. The molecule has 0 fully saturated rings. The van der Waals surface area contributed by atoms with Gasteiger partial charge < -0.3 is 0 Å². The number of pyridine rings is 1. The number of nitrogens with zero attached hydrogens (tertiary/aromatic N) is 1. The largest absolute Gasteiger partial charge is 0.251 e. The monoisotopic (exact) mass is 295 g/mol. The van der Waals surface area contributed by atoms with E-state index < -0.39 is 6.67 Å². The Labute approximate surface area is 128 Å². The molecule has 0 aliphatic heterocycles. The normalized spacial score (nSPS) is 11.0. The van der Waals surface area contributed by atoms with Crippen LogP contribution in [-0.4, -0.2) is 11.7 Å². The SMILES string of the molecule is [CH]Cc1nc(-c2cccc(CCF)c2)c2ccccc2c1F. The maximum absolute atomic E-state index is 14.4. The van der Waals surface area contributed by atoms with E-state index in [4.69, 9.17) is 6.92 Å². The smallest absolute Gasteiger partial charge is 0.152 e. The zero-order valence-corrected chi connectivity index (χ0v) is 12.0. The molecule has 1 nitrogen and oxygen atoms in total. The highest BCUT2D eigenvalue weighted by Crippen LogP contribution is 2.30. The summed E-state index contributed by atoms with van der Waals surface area (Å²) >= 11 is 0. The van der Waals surface area contributed by atoms with Crippen molar-refractivity contribution >= 4 is 10.8 Å². The minimum atomic E-state index is -0.408. The molecule has 110 valence electrons. The fourth-order valence-electron chi connectivity index (χ4n) is 2.62. The Hall–Kier alpha value is -2.29. The molecule has 2 aromatic carbocycles. The van der Waals surface area contributed by atoms with Crippen molar-refractivity contribution in [3.8, 4) is 11.3 Å². The van der Waals surface area contributed by atoms with Crippen molar-refractivity contribution in [2.75, 3.05) is 6.67 Å². The molecule has 0 saturated heterocycles. The van der Waals surface area contributed by atoms with Crippen LogP contribution in [0.25, 0.3) is 22.0 Å². The highest BCUT2D eigenvalue weighted by molar-refractivity contribution is 5.95. The predicted octanol–water partition coefficient (Wildman–Crippen LogP) is 4.81. The summed E-state index contributed by atoms with van der Waals surface area (Å²) < 4.78 is 26.9. The molecule has 3 aromatic rings. The van der Waals surface area contributed by atoms with E-state index in [0.29, 0.717) is 17.5 Å². The van der Waals surface area contributed by atoms with Crippen LogP contribution in [0, 0.1) is 12.7 Å². The van der Waals surface area contributed by atoms with Gasteiger partial charge in [0.15, 0.2) is 5.82 Å². The number of halogens is 2. The standard InChI is InChI=1S/C19H15F2N/c1-2-17-18(21)15-8-3-4-9-16(15)19(22-17)14-7-5-6-13(12-14)10-11-20/h1,3-9,12H,2,10-11H2. The zero-order chi connectivity index (χ0) is 15.5. The van der Waals surface area contributed by atoms with Crippen molar-refractivity contribution in [3.05, 3.63) is 72.5 Å². The summed E-state index contributed by atoms with van der Waals surface area (Å²) in [5.41, 5.74) is 2.66. The van der Waals surface area contributed by atoms with Gasteiger partial charge in [0.2, 0.25) is 0 Å². The number of alkyl halides is 1. The molecule has 0 aliphatic carbocycles. The maximum Gasteiger partial charge on any atom is 0.152 e. The van der Waals surface area contributed by atoms with Crippen LogP contribution in [0.3, 0.4) is 0 Å². The van der Waals surface area contributed by atoms with Gasteiger partial charge >= 0.3 is 0 Å². The molecule has 0 saturated carbocycles. The molecule has 22 heavy (non-hydrogen) atoms. The Morgan fingerprint density at radius 3 is 2.50 bits per heavy atom. The zero-order valence-electron chi connectivity index (χ0n) is 12.0. The summed E-state index contributed by atoms with van der Waals surface area (Å²) in [5.74, 6) is -0.373. The first kappa shape index (κ1) is 14.6. The quantitative estimate of drug-likeness (QED) is 0.673. The average Bonchev–Trinajstić information content (AvgIpc) is 2.56. The van der Waals surface area contributed by atoms with Crippen LogP contribution in [0.1, 0.15) is 11.3 Å². The van der Waals surface area contributed by atoms with E-state index in [-0.39, 0.29) is 17.9 Å². The van der Waals surface area contributed by atoms with Gasteiger partial charge in [-0.2, -0.15) is 0 Å². The molecule has 0 atom stereocenters. The second-order valence-electron chi connectivity index (χ2n) is 5.11. The topological polar surface area (TPSA) is 12.9 Å². The number of aromatic nitrogens is 1. The molecule has 0 aliphatic rings. The van der Waals surface area contributed by atoms with E-state index in [1.54, 1.807) is 12.1 Å². The van der Waals surface area contributed by atoms with Crippen LogP contribution in [0.5, 0.6) is 0 Å². The Balaban J connectivity index is 2.26. The maximum atomic E-state index is 14.4. The third-order valence-corrected chi connectivity index (χ3v) is 3.70. The van der Waals surface area contributed by atoms with Crippen molar-refractivity contribution in [1.82, 2.24) is 4.98 Å². The van der Waals surface area contributed by atoms with Crippen molar-refractivity contribution in [1.29, 1.82) is 0 Å². The number of fused-ring (bicyclic) bond motifs is 1. The van der Waals surface area contributed by atoms with E-state index in [9.17, 15) is 8.78 Å². The van der Waals surface area contributed by atoms with E-state index in [1.807, 2.05) is 36.4 Å². The van der Waals surface area contributed by atoms with Crippen molar-refractivity contribution in [2.24, 2.45) is 0 Å². The molecule has 2 radical (unpaired) electrons. The van der Waals surface area contributed by atoms with E-state index in [0.717, 1.165) is 16.5 Å². The van der Waals surface area contributed by atoms with Crippen LogP contribution < -0.4 is 0 Å². The number of rotatable bonds is 4. The minimum absolute atomic E-state index is 0.0356. The predicted molar refractivity (Wildman–Crippen MR) is 84.8 cm³/mol. The summed E-state index contributed by atoms with van der Waals surface area (Å²) in [6.45, 7) is 5.21. The van der Waals surface area contributed by atoms with Gasteiger partial charge in [0.1, 0.15) is 0 Å². The molecule has 0 N–H and O–H groups in total. The van der Waals surface area contributed by atoms with Crippen molar-refractivity contribution in [3.63, 3.8) is 0 Å².